The molecule has 1 atom stereocenters. The molecule has 4 nitrogen and oxygen atoms in total. The fourth-order valence-electron chi connectivity index (χ4n) is 2.43. The molecule has 0 spiro atoms. The summed E-state index contributed by atoms with van der Waals surface area (Å²) >= 11 is 0. The molecular weight excluding hydrogens is 281 g/mol. The van der Waals surface area contributed by atoms with Crippen LogP contribution in [-0.4, -0.2) is 32.4 Å². The number of nitrogens with zero attached hydrogens (tertiary/aromatic N) is 1. The van der Waals surface area contributed by atoms with Crippen molar-refractivity contribution >= 4 is 10.0 Å². The first-order chi connectivity index (χ1) is 9.45. The molecule has 0 radical (unpaired) electrons. The molecule has 1 aliphatic heterocycles. The van der Waals surface area contributed by atoms with Crippen LogP contribution in [0.15, 0.2) is 23.1 Å². The lowest BCUT2D eigenvalue weighted by Crippen LogP contribution is -2.39. The van der Waals surface area contributed by atoms with Gasteiger partial charge in [-0.1, -0.05) is 6.92 Å². The molecule has 0 saturated carbocycles. The number of rotatable bonds is 4. The molecule has 1 aliphatic rings. The van der Waals surface area contributed by atoms with E-state index in [9.17, 15) is 12.8 Å². The van der Waals surface area contributed by atoms with Gasteiger partial charge < -0.3 is 4.74 Å². The van der Waals surface area contributed by atoms with Crippen molar-refractivity contribution < 1.29 is 17.5 Å². The lowest BCUT2D eigenvalue weighted by molar-refractivity contribution is 0.281. The Morgan fingerprint density at radius 3 is 2.80 bits per heavy atom. The maximum absolute atomic E-state index is 13.8. The maximum atomic E-state index is 13.8. The summed E-state index contributed by atoms with van der Waals surface area (Å²) in [5.74, 6) is -0.220. The van der Waals surface area contributed by atoms with Gasteiger partial charge in [0.2, 0.25) is 10.0 Å². The van der Waals surface area contributed by atoms with Crippen molar-refractivity contribution in [1.29, 1.82) is 0 Å². The largest absolute Gasteiger partial charge is 0.491 e. The molecule has 1 heterocycles. The average Bonchev–Trinajstić information content (AvgIpc) is 2.41. The minimum absolute atomic E-state index is 0.00690. The van der Waals surface area contributed by atoms with Crippen LogP contribution in [0.5, 0.6) is 5.75 Å². The van der Waals surface area contributed by atoms with E-state index in [1.54, 1.807) is 6.92 Å². The first kappa shape index (κ1) is 15.3. The Kier molecular flexibility index (Phi) is 4.65. The van der Waals surface area contributed by atoms with Crippen LogP contribution in [0, 0.1) is 11.7 Å². The number of ether oxygens (including phenoxy) is 1. The monoisotopic (exact) mass is 301 g/mol. The van der Waals surface area contributed by atoms with Crippen LogP contribution >= 0.6 is 0 Å². The van der Waals surface area contributed by atoms with E-state index in [0.717, 1.165) is 18.9 Å². The van der Waals surface area contributed by atoms with Crippen LogP contribution in [0.1, 0.15) is 26.7 Å². The van der Waals surface area contributed by atoms with Crippen LogP contribution in [0.2, 0.25) is 0 Å². The summed E-state index contributed by atoms with van der Waals surface area (Å²) in [6, 6.07) is 3.82. The summed E-state index contributed by atoms with van der Waals surface area (Å²) in [5.41, 5.74) is 0. The van der Waals surface area contributed by atoms with Crippen molar-refractivity contribution in [2.75, 3.05) is 19.7 Å². The van der Waals surface area contributed by atoms with Gasteiger partial charge in [0.1, 0.15) is 0 Å². The Morgan fingerprint density at radius 2 is 2.20 bits per heavy atom. The average molecular weight is 301 g/mol. The smallest absolute Gasteiger partial charge is 0.243 e. The van der Waals surface area contributed by atoms with E-state index in [4.69, 9.17) is 4.74 Å². The van der Waals surface area contributed by atoms with E-state index >= 15 is 0 Å². The zero-order valence-electron chi connectivity index (χ0n) is 11.8. The lowest BCUT2D eigenvalue weighted by Gasteiger charge is -2.30. The van der Waals surface area contributed by atoms with Crippen molar-refractivity contribution in [3.63, 3.8) is 0 Å². The summed E-state index contributed by atoms with van der Waals surface area (Å²) in [6.45, 7) is 5.12. The molecule has 0 aliphatic carbocycles. The molecule has 1 aromatic rings. The number of hydrogen-bond donors (Lipinski definition) is 0. The molecule has 1 aromatic carbocycles. The van der Waals surface area contributed by atoms with Gasteiger partial charge in [0.05, 0.1) is 11.5 Å². The highest BCUT2D eigenvalue weighted by Crippen LogP contribution is 2.26. The summed E-state index contributed by atoms with van der Waals surface area (Å²) < 4.78 is 45.3. The normalized spacial score (nSPS) is 20.9. The van der Waals surface area contributed by atoms with E-state index in [2.05, 4.69) is 0 Å². The van der Waals surface area contributed by atoms with Crippen molar-refractivity contribution in [1.82, 2.24) is 4.31 Å². The van der Waals surface area contributed by atoms with E-state index in [-0.39, 0.29) is 10.6 Å². The van der Waals surface area contributed by atoms with Crippen molar-refractivity contribution in [3.05, 3.63) is 24.0 Å². The molecule has 1 unspecified atom stereocenters. The summed E-state index contributed by atoms with van der Waals surface area (Å²) in [6.07, 6.45) is 1.88. The SMILES string of the molecule is CCOc1ccc(S(=O)(=O)N2CCCC(C)C2)cc1F. The van der Waals surface area contributed by atoms with Gasteiger partial charge in [-0.3, -0.25) is 0 Å². The van der Waals surface area contributed by atoms with E-state index in [0.29, 0.717) is 25.6 Å². The van der Waals surface area contributed by atoms with E-state index in [1.165, 1.54) is 16.4 Å². The maximum Gasteiger partial charge on any atom is 0.243 e. The van der Waals surface area contributed by atoms with Gasteiger partial charge in [0.15, 0.2) is 11.6 Å². The van der Waals surface area contributed by atoms with Gasteiger partial charge in [0, 0.05) is 13.1 Å². The van der Waals surface area contributed by atoms with Crippen LogP contribution in [0.3, 0.4) is 0 Å². The fourth-order valence-corrected chi connectivity index (χ4v) is 4.04. The van der Waals surface area contributed by atoms with Crippen molar-refractivity contribution in [2.45, 2.75) is 31.6 Å². The number of hydrogen-bond acceptors (Lipinski definition) is 3. The first-order valence-corrected chi connectivity index (χ1v) is 8.31. The summed E-state index contributed by atoms with van der Waals surface area (Å²) in [7, 11) is -3.61. The molecule has 1 fully saturated rings. The Labute approximate surface area is 119 Å². The van der Waals surface area contributed by atoms with E-state index < -0.39 is 15.8 Å². The molecule has 0 amide bonds. The predicted molar refractivity (Wildman–Crippen MR) is 74.7 cm³/mol. The molecule has 0 aromatic heterocycles. The minimum Gasteiger partial charge on any atom is -0.491 e. The molecule has 112 valence electrons. The molecule has 2 rings (SSSR count). The highest BCUT2D eigenvalue weighted by atomic mass is 32.2. The predicted octanol–water partition coefficient (Wildman–Crippen LogP) is 2.65. The zero-order valence-corrected chi connectivity index (χ0v) is 12.6. The molecule has 20 heavy (non-hydrogen) atoms. The van der Waals surface area contributed by atoms with Gasteiger partial charge in [-0.25, -0.2) is 12.8 Å². The van der Waals surface area contributed by atoms with Crippen molar-refractivity contribution in [3.8, 4) is 5.75 Å². The van der Waals surface area contributed by atoms with Crippen LogP contribution < -0.4 is 4.74 Å². The van der Waals surface area contributed by atoms with Gasteiger partial charge in [-0.15, -0.1) is 0 Å². The molecule has 0 bridgehead atoms. The first-order valence-electron chi connectivity index (χ1n) is 6.87. The standard InChI is InChI=1S/C14H20FNO3S/c1-3-19-14-7-6-12(9-13(14)15)20(17,18)16-8-4-5-11(2)10-16/h6-7,9,11H,3-5,8,10H2,1-2H3. The van der Waals surface area contributed by atoms with Gasteiger partial charge in [-0.05, 0) is 43.9 Å². The second-order valence-corrected chi connectivity index (χ2v) is 7.07. The number of benzene rings is 1. The second kappa shape index (κ2) is 6.10. The Morgan fingerprint density at radius 1 is 1.45 bits per heavy atom. The van der Waals surface area contributed by atoms with Gasteiger partial charge >= 0.3 is 0 Å². The number of piperidine rings is 1. The molecule has 0 N–H and O–H groups in total. The Bertz CT molecular complexity index is 574. The molecule has 6 heteroatoms. The summed E-state index contributed by atoms with van der Waals surface area (Å²) in [4.78, 5) is -0.00690. The molecular formula is C14H20FNO3S. The highest BCUT2D eigenvalue weighted by molar-refractivity contribution is 7.89. The third-order valence-electron chi connectivity index (χ3n) is 3.46. The number of halogens is 1. The van der Waals surface area contributed by atoms with Crippen LogP contribution in [0.4, 0.5) is 4.39 Å². The highest BCUT2D eigenvalue weighted by Gasteiger charge is 2.29. The zero-order chi connectivity index (χ0) is 14.8. The number of sulfonamides is 1. The second-order valence-electron chi connectivity index (χ2n) is 5.14. The lowest BCUT2D eigenvalue weighted by atomic mass is 10.0. The fraction of sp³-hybridized carbons (Fsp3) is 0.571. The molecule has 1 saturated heterocycles. The quantitative estimate of drug-likeness (QED) is 0.859. The van der Waals surface area contributed by atoms with Crippen molar-refractivity contribution in [2.24, 2.45) is 5.92 Å². The van der Waals surface area contributed by atoms with Crippen LogP contribution in [-0.2, 0) is 10.0 Å². The van der Waals surface area contributed by atoms with Gasteiger partial charge in [0.25, 0.3) is 0 Å². The topological polar surface area (TPSA) is 46.6 Å². The minimum atomic E-state index is -3.61. The van der Waals surface area contributed by atoms with E-state index in [1.807, 2.05) is 6.92 Å². The Hall–Kier alpha value is -1.14. The van der Waals surface area contributed by atoms with Crippen LogP contribution in [0.25, 0.3) is 0 Å². The van der Waals surface area contributed by atoms with Gasteiger partial charge in [-0.2, -0.15) is 4.31 Å². The third-order valence-corrected chi connectivity index (χ3v) is 5.32. The Balaban J connectivity index is 2.27. The third kappa shape index (κ3) is 3.12. The summed E-state index contributed by atoms with van der Waals surface area (Å²) in [5, 5.41) is 0.